The van der Waals surface area contributed by atoms with Gasteiger partial charge in [-0.05, 0) is 45.0 Å². The maximum atomic E-state index is 4.12. The van der Waals surface area contributed by atoms with Gasteiger partial charge in [0.15, 0.2) is 0 Å². The fourth-order valence-electron chi connectivity index (χ4n) is 2.04. The largest absolute Gasteiger partial charge is 0.381 e. The van der Waals surface area contributed by atoms with Crippen LogP contribution in [-0.2, 0) is 0 Å². The van der Waals surface area contributed by atoms with Gasteiger partial charge in [0.05, 0.1) is 0 Å². The number of rotatable bonds is 6. The van der Waals surface area contributed by atoms with E-state index in [1.54, 1.807) is 0 Å². The molecule has 0 radical (unpaired) electrons. The number of pyridine rings is 1. The average Bonchev–Trinajstić information content (AvgIpc) is 2.19. The van der Waals surface area contributed by atoms with Gasteiger partial charge in [-0.1, -0.05) is 13.8 Å². The Balaban J connectivity index is 2.68. The van der Waals surface area contributed by atoms with E-state index in [9.17, 15) is 0 Å². The third-order valence-corrected chi connectivity index (χ3v) is 2.72. The van der Waals surface area contributed by atoms with E-state index >= 15 is 0 Å². The van der Waals surface area contributed by atoms with Crippen LogP contribution >= 0.6 is 0 Å². The molecule has 0 amide bonds. The van der Waals surface area contributed by atoms with E-state index in [1.807, 2.05) is 12.4 Å². The van der Waals surface area contributed by atoms with Crippen molar-refractivity contribution in [3.05, 3.63) is 24.0 Å². The van der Waals surface area contributed by atoms with Gasteiger partial charge in [0.25, 0.3) is 0 Å². The predicted molar refractivity (Wildman–Crippen MR) is 74.4 cm³/mol. The minimum atomic E-state index is 0.492. The molecule has 1 atom stereocenters. The number of anilines is 1. The maximum absolute atomic E-state index is 4.12. The van der Waals surface area contributed by atoms with E-state index in [4.69, 9.17) is 0 Å². The Kier molecular flexibility index (Phi) is 5.42. The molecule has 0 saturated heterocycles. The molecule has 0 bridgehead atoms. The van der Waals surface area contributed by atoms with Crippen LogP contribution in [0.4, 0.5) is 5.69 Å². The van der Waals surface area contributed by atoms with Crippen molar-refractivity contribution < 1.29 is 0 Å². The van der Waals surface area contributed by atoms with Crippen molar-refractivity contribution >= 4 is 5.69 Å². The Hall–Kier alpha value is -1.09. The summed E-state index contributed by atoms with van der Waals surface area (Å²) in [5.41, 5.74) is 2.41. The standard InChI is InChI=1S/C14H25N3/c1-11(2)8-13(10-17(4)5)16-14-6-7-15-9-12(14)3/h6-7,9,11,13H,8,10H2,1-5H3,(H,15,16). The molecule has 3 nitrogen and oxygen atoms in total. The third kappa shape index (κ3) is 5.18. The highest BCUT2D eigenvalue weighted by Crippen LogP contribution is 2.16. The Labute approximate surface area is 105 Å². The van der Waals surface area contributed by atoms with Crippen LogP contribution in [0.2, 0.25) is 0 Å². The maximum Gasteiger partial charge on any atom is 0.0403 e. The Morgan fingerprint density at radius 2 is 2.06 bits per heavy atom. The summed E-state index contributed by atoms with van der Waals surface area (Å²) < 4.78 is 0. The molecule has 0 saturated carbocycles. The van der Waals surface area contributed by atoms with Crippen LogP contribution < -0.4 is 5.32 Å². The molecule has 1 aromatic heterocycles. The molecule has 1 unspecified atom stereocenters. The zero-order valence-corrected chi connectivity index (χ0v) is 11.7. The molecule has 1 N–H and O–H groups in total. The predicted octanol–water partition coefficient (Wildman–Crippen LogP) is 2.78. The van der Waals surface area contributed by atoms with Crippen molar-refractivity contribution in [2.75, 3.05) is 26.0 Å². The first-order valence-corrected chi connectivity index (χ1v) is 6.31. The molecular formula is C14H25N3. The lowest BCUT2D eigenvalue weighted by molar-refractivity contribution is 0.356. The highest BCUT2D eigenvalue weighted by Gasteiger charge is 2.12. The van der Waals surface area contributed by atoms with Gasteiger partial charge >= 0.3 is 0 Å². The summed E-state index contributed by atoms with van der Waals surface area (Å²) in [6.45, 7) is 7.69. The highest BCUT2D eigenvalue weighted by molar-refractivity contribution is 5.49. The lowest BCUT2D eigenvalue weighted by atomic mass is 10.0. The topological polar surface area (TPSA) is 28.2 Å². The first kappa shape index (κ1) is 14.0. The summed E-state index contributed by atoms with van der Waals surface area (Å²) in [6, 6.07) is 2.55. The van der Waals surface area contributed by atoms with Crippen LogP contribution in [0.1, 0.15) is 25.8 Å². The zero-order chi connectivity index (χ0) is 12.8. The Morgan fingerprint density at radius 1 is 1.35 bits per heavy atom. The van der Waals surface area contributed by atoms with Gasteiger partial charge in [-0.25, -0.2) is 0 Å². The molecule has 0 spiro atoms. The van der Waals surface area contributed by atoms with Crippen LogP contribution in [0, 0.1) is 12.8 Å². The van der Waals surface area contributed by atoms with Crippen molar-refractivity contribution in [2.24, 2.45) is 5.92 Å². The Bertz CT molecular complexity index is 324. The number of nitrogens with zero attached hydrogens (tertiary/aromatic N) is 2. The quantitative estimate of drug-likeness (QED) is 0.822. The number of hydrogen-bond acceptors (Lipinski definition) is 3. The summed E-state index contributed by atoms with van der Waals surface area (Å²) in [4.78, 5) is 6.36. The molecule has 17 heavy (non-hydrogen) atoms. The summed E-state index contributed by atoms with van der Waals surface area (Å²) in [6.07, 6.45) is 4.93. The molecule has 0 fully saturated rings. The van der Waals surface area contributed by atoms with Gasteiger partial charge in [0.1, 0.15) is 0 Å². The molecule has 0 aliphatic heterocycles. The summed E-state index contributed by atoms with van der Waals surface area (Å²) >= 11 is 0. The zero-order valence-electron chi connectivity index (χ0n) is 11.7. The van der Waals surface area contributed by atoms with E-state index in [1.165, 1.54) is 17.7 Å². The summed E-state index contributed by atoms with van der Waals surface area (Å²) in [5.74, 6) is 0.703. The third-order valence-electron chi connectivity index (χ3n) is 2.72. The second-order valence-corrected chi connectivity index (χ2v) is 5.42. The van der Waals surface area contributed by atoms with Crippen molar-refractivity contribution in [3.63, 3.8) is 0 Å². The summed E-state index contributed by atoms with van der Waals surface area (Å²) in [5, 5.41) is 3.63. The fraction of sp³-hybridized carbons (Fsp3) is 0.643. The van der Waals surface area contributed by atoms with Crippen molar-refractivity contribution in [1.82, 2.24) is 9.88 Å². The molecular weight excluding hydrogens is 210 g/mol. The van der Waals surface area contributed by atoms with Gasteiger partial charge in [-0.2, -0.15) is 0 Å². The van der Waals surface area contributed by atoms with E-state index in [0.29, 0.717) is 12.0 Å². The minimum Gasteiger partial charge on any atom is -0.381 e. The first-order chi connectivity index (χ1) is 7.99. The van der Waals surface area contributed by atoms with Crippen LogP contribution in [0.15, 0.2) is 18.5 Å². The second kappa shape index (κ2) is 6.60. The molecule has 3 heteroatoms. The monoisotopic (exact) mass is 235 g/mol. The highest BCUT2D eigenvalue weighted by atomic mass is 15.1. The van der Waals surface area contributed by atoms with Crippen molar-refractivity contribution in [3.8, 4) is 0 Å². The van der Waals surface area contributed by atoms with Crippen molar-refractivity contribution in [2.45, 2.75) is 33.2 Å². The minimum absolute atomic E-state index is 0.492. The number of nitrogens with one attached hydrogen (secondary N) is 1. The van der Waals surface area contributed by atoms with Crippen LogP contribution in [-0.4, -0.2) is 36.6 Å². The smallest absolute Gasteiger partial charge is 0.0403 e. The number of aryl methyl sites for hydroxylation is 1. The van der Waals surface area contributed by atoms with Crippen LogP contribution in [0.25, 0.3) is 0 Å². The summed E-state index contributed by atoms with van der Waals surface area (Å²) in [7, 11) is 4.24. The second-order valence-electron chi connectivity index (χ2n) is 5.42. The number of aromatic nitrogens is 1. The van der Waals surface area contributed by atoms with Crippen LogP contribution in [0.3, 0.4) is 0 Å². The first-order valence-electron chi connectivity index (χ1n) is 6.31. The molecule has 0 aromatic carbocycles. The van der Waals surface area contributed by atoms with Gasteiger partial charge in [-0.15, -0.1) is 0 Å². The number of likely N-dealkylation sites (N-methyl/N-ethyl adjacent to an activating group) is 1. The van der Waals surface area contributed by atoms with Gasteiger partial charge in [-0.3, -0.25) is 4.98 Å². The van der Waals surface area contributed by atoms with E-state index in [0.717, 1.165) is 6.54 Å². The molecule has 1 aromatic rings. The average molecular weight is 235 g/mol. The number of hydrogen-bond donors (Lipinski definition) is 1. The lowest BCUT2D eigenvalue weighted by Gasteiger charge is -2.25. The molecule has 0 aliphatic rings. The molecule has 96 valence electrons. The Morgan fingerprint density at radius 3 is 2.59 bits per heavy atom. The normalized spacial score (nSPS) is 13.1. The molecule has 1 heterocycles. The van der Waals surface area contributed by atoms with Crippen molar-refractivity contribution in [1.29, 1.82) is 0 Å². The van der Waals surface area contributed by atoms with E-state index in [2.05, 4.69) is 56.1 Å². The van der Waals surface area contributed by atoms with E-state index < -0.39 is 0 Å². The van der Waals surface area contributed by atoms with Gasteiger partial charge in [0.2, 0.25) is 0 Å². The van der Waals surface area contributed by atoms with Crippen LogP contribution in [0.5, 0.6) is 0 Å². The van der Waals surface area contributed by atoms with E-state index in [-0.39, 0.29) is 0 Å². The fourth-order valence-corrected chi connectivity index (χ4v) is 2.04. The molecule has 1 rings (SSSR count). The lowest BCUT2D eigenvalue weighted by Crippen LogP contribution is -2.33. The SMILES string of the molecule is Cc1cnccc1NC(CC(C)C)CN(C)C. The van der Waals surface area contributed by atoms with Gasteiger partial charge < -0.3 is 10.2 Å². The van der Waals surface area contributed by atoms with Gasteiger partial charge in [0, 0.05) is 30.7 Å². The molecule has 0 aliphatic carbocycles.